The van der Waals surface area contributed by atoms with Crippen LogP contribution < -0.4 is 10.5 Å². The first kappa shape index (κ1) is 13.4. The van der Waals surface area contributed by atoms with E-state index in [1.807, 2.05) is 19.1 Å². The number of hydrogen-bond acceptors (Lipinski definition) is 3. The normalized spacial score (nSPS) is 16.9. The van der Waals surface area contributed by atoms with Crippen molar-refractivity contribution in [3.63, 3.8) is 0 Å². The molecule has 0 bridgehead atoms. The van der Waals surface area contributed by atoms with Crippen LogP contribution in [0.1, 0.15) is 31.4 Å². The number of nitrogens with two attached hydrogens (primary N) is 1. The molecule has 0 aromatic heterocycles. The third-order valence-corrected chi connectivity index (χ3v) is 3.39. The lowest BCUT2D eigenvalue weighted by molar-refractivity contribution is 0.300. The molecular weight excluding hydrogens is 224 g/mol. The smallest absolute Gasteiger partial charge is 0.119 e. The van der Waals surface area contributed by atoms with E-state index in [0.717, 1.165) is 18.2 Å². The van der Waals surface area contributed by atoms with Gasteiger partial charge in [-0.25, -0.2) is 0 Å². The Morgan fingerprint density at radius 2 is 2.00 bits per heavy atom. The summed E-state index contributed by atoms with van der Waals surface area (Å²) in [4.78, 5) is 2.35. The number of benzene rings is 1. The van der Waals surface area contributed by atoms with Gasteiger partial charge in [0, 0.05) is 19.1 Å². The molecule has 1 aromatic carbocycles. The second-order valence-corrected chi connectivity index (χ2v) is 5.27. The van der Waals surface area contributed by atoms with Gasteiger partial charge in [-0.15, -0.1) is 0 Å². The SMILES string of the molecule is CCOc1ccc(C(N)CN(C)CC2CC2)cc1. The molecule has 1 fully saturated rings. The summed E-state index contributed by atoms with van der Waals surface area (Å²) in [7, 11) is 2.16. The highest BCUT2D eigenvalue weighted by atomic mass is 16.5. The van der Waals surface area contributed by atoms with Crippen molar-refractivity contribution in [2.24, 2.45) is 11.7 Å². The molecule has 1 unspecified atom stereocenters. The Bertz CT molecular complexity index is 359. The third kappa shape index (κ3) is 4.00. The van der Waals surface area contributed by atoms with Crippen LogP contribution in [0.15, 0.2) is 24.3 Å². The third-order valence-electron chi connectivity index (χ3n) is 3.39. The Hall–Kier alpha value is -1.06. The molecule has 0 radical (unpaired) electrons. The van der Waals surface area contributed by atoms with Gasteiger partial charge in [-0.2, -0.15) is 0 Å². The summed E-state index contributed by atoms with van der Waals surface area (Å²) < 4.78 is 5.43. The van der Waals surface area contributed by atoms with Crippen LogP contribution in [0, 0.1) is 5.92 Å². The van der Waals surface area contributed by atoms with E-state index in [1.165, 1.54) is 24.9 Å². The molecule has 1 aliphatic rings. The first-order valence-electron chi connectivity index (χ1n) is 6.86. The van der Waals surface area contributed by atoms with E-state index >= 15 is 0 Å². The molecule has 3 heteroatoms. The number of rotatable bonds is 7. The maximum absolute atomic E-state index is 6.23. The molecule has 1 saturated carbocycles. The maximum atomic E-state index is 6.23. The van der Waals surface area contributed by atoms with Crippen LogP contribution in [0.3, 0.4) is 0 Å². The largest absolute Gasteiger partial charge is 0.494 e. The molecule has 3 nitrogen and oxygen atoms in total. The molecule has 100 valence electrons. The molecule has 0 amide bonds. The lowest BCUT2D eigenvalue weighted by atomic mass is 10.1. The van der Waals surface area contributed by atoms with Gasteiger partial charge in [0.05, 0.1) is 6.61 Å². The summed E-state index contributed by atoms with van der Waals surface area (Å²) in [6, 6.07) is 8.23. The lowest BCUT2D eigenvalue weighted by Crippen LogP contribution is -2.30. The Morgan fingerprint density at radius 3 is 2.56 bits per heavy atom. The van der Waals surface area contributed by atoms with E-state index in [0.29, 0.717) is 6.61 Å². The zero-order valence-corrected chi connectivity index (χ0v) is 11.4. The van der Waals surface area contributed by atoms with E-state index in [-0.39, 0.29) is 6.04 Å². The summed E-state index contributed by atoms with van der Waals surface area (Å²) in [5, 5.41) is 0. The fraction of sp³-hybridized carbons (Fsp3) is 0.600. The van der Waals surface area contributed by atoms with Crippen molar-refractivity contribution in [3.8, 4) is 5.75 Å². The number of ether oxygens (including phenoxy) is 1. The molecule has 0 aliphatic heterocycles. The average Bonchev–Trinajstić information content (AvgIpc) is 3.14. The van der Waals surface area contributed by atoms with Crippen LogP contribution in [-0.4, -0.2) is 31.6 Å². The Balaban J connectivity index is 1.84. The standard InChI is InChI=1S/C15H24N2O/c1-3-18-14-8-6-13(7-9-14)15(16)11-17(2)10-12-4-5-12/h6-9,12,15H,3-5,10-11,16H2,1-2H3. The minimum Gasteiger partial charge on any atom is -0.494 e. The van der Waals surface area contributed by atoms with Crippen LogP contribution >= 0.6 is 0 Å². The molecule has 0 spiro atoms. The minimum atomic E-state index is 0.0874. The molecule has 2 rings (SSSR count). The Kier molecular flexibility index (Phi) is 4.61. The molecule has 1 aliphatic carbocycles. The van der Waals surface area contributed by atoms with Gasteiger partial charge < -0.3 is 15.4 Å². The van der Waals surface area contributed by atoms with Gasteiger partial charge in [-0.1, -0.05) is 12.1 Å². The lowest BCUT2D eigenvalue weighted by Gasteiger charge is -2.21. The highest BCUT2D eigenvalue weighted by Gasteiger charge is 2.23. The van der Waals surface area contributed by atoms with E-state index in [9.17, 15) is 0 Å². The fourth-order valence-electron chi connectivity index (χ4n) is 2.23. The molecule has 0 saturated heterocycles. The Labute approximate surface area is 110 Å². The van der Waals surface area contributed by atoms with E-state index in [4.69, 9.17) is 10.5 Å². The molecular formula is C15H24N2O. The zero-order valence-electron chi connectivity index (χ0n) is 11.4. The predicted octanol–water partition coefficient (Wildman–Crippen LogP) is 2.43. The van der Waals surface area contributed by atoms with Crippen molar-refractivity contribution in [1.82, 2.24) is 4.90 Å². The van der Waals surface area contributed by atoms with Crippen LogP contribution in [0.2, 0.25) is 0 Å². The minimum absolute atomic E-state index is 0.0874. The van der Waals surface area contributed by atoms with Gasteiger partial charge in [-0.3, -0.25) is 0 Å². The van der Waals surface area contributed by atoms with E-state index in [2.05, 4.69) is 24.1 Å². The van der Waals surface area contributed by atoms with Crippen molar-refractivity contribution in [2.75, 3.05) is 26.7 Å². The second kappa shape index (κ2) is 6.21. The first-order chi connectivity index (χ1) is 8.69. The molecule has 1 aromatic rings. The highest BCUT2D eigenvalue weighted by Crippen LogP contribution is 2.29. The predicted molar refractivity (Wildman–Crippen MR) is 74.8 cm³/mol. The van der Waals surface area contributed by atoms with Crippen LogP contribution in [0.5, 0.6) is 5.75 Å². The van der Waals surface area contributed by atoms with Gasteiger partial charge in [-0.05, 0) is 50.4 Å². The van der Waals surface area contributed by atoms with Gasteiger partial charge in [0.2, 0.25) is 0 Å². The monoisotopic (exact) mass is 248 g/mol. The quantitative estimate of drug-likeness (QED) is 0.805. The molecule has 2 N–H and O–H groups in total. The van der Waals surface area contributed by atoms with Crippen molar-refractivity contribution >= 4 is 0 Å². The van der Waals surface area contributed by atoms with Crippen molar-refractivity contribution in [2.45, 2.75) is 25.8 Å². The summed E-state index contributed by atoms with van der Waals surface area (Å²) >= 11 is 0. The summed E-state index contributed by atoms with van der Waals surface area (Å²) in [6.07, 6.45) is 2.78. The molecule has 0 heterocycles. The number of nitrogens with zero attached hydrogens (tertiary/aromatic N) is 1. The topological polar surface area (TPSA) is 38.5 Å². The highest BCUT2D eigenvalue weighted by molar-refractivity contribution is 5.29. The van der Waals surface area contributed by atoms with E-state index in [1.54, 1.807) is 0 Å². The van der Waals surface area contributed by atoms with E-state index < -0.39 is 0 Å². The van der Waals surface area contributed by atoms with Gasteiger partial charge in [0.15, 0.2) is 0 Å². The van der Waals surface area contributed by atoms with Crippen LogP contribution in [0.4, 0.5) is 0 Å². The summed E-state index contributed by atoms with van der Waals surface area (Å²) in [6.45, 7) is 4.80. The molecule has 1 atom stereocenters. The van der Waals surface area contributed by atoms with Gasteiger partial charge >= 0.3 is 0 Å². The first-order valence-corrected chi connectivity index (χ1v) is 6.86. The summed E-state index contributed by atoms with van der Waals surface area (Å²) in [5.41, 5.74) is 7.42. The fourth-order valence-corrected chi connectivity index (χ4v) is 2.23. The Morgan fingerprint density at radius 1 is 1.33 bits per heavy atom. The second-order valence-electron chi connectivity index (χ2n) is 5.27. The van der Waals surface area contributed by atoms with Gasteiger partial charge in [0.1, 0.15) is 5.75 Å². The maximum Gasteiger partial charge on any atom is 0.119 e. The number of likely N-dealkylation sites (N-methyl/N-ethyl adjacent to an activating group) is 1. The molecule has 18 heavy (non-hydrogen) atoms. The number of hydrogen-bond donors (Lipinski definition) is 1. The van der Waals surface area contributed by atoms with Crippen LogP contribution in [-0.2, 0) is 0 Å². The van der Waals surface area contributed by atoms with Gasteiger partial charge in [0.25, 0.3) is 0 Å². The average molecular weight is 248 g/mol. The zero-order chi connectivity index (χ0) is 13.0. The van der Waals surface area contributed by atoms with Crippen molar-refractivity contribution in [3.05, 3.63) is 29.8 Å². The van der Waals surface area contributed by atoms with Crippen molar-refractivity contribution in [1.29, 1.82) is 0 Å². The van der Waals surface area contributed by atoms with Crippen LogP contribution in [0.25, 0.3) is 0 Å². The van der Waals surface area contributed by atoms with Crippen molar-refractivity contribution < 1.29 is 4.74 Å². The summed E-state index contributed by atoms with van der Waals surface area (Å²) in [5.74, 6) is 1.84.